The first-order chi connectivity index (χ1) is 10.9. The van der Waals surface area contributed by atoms with Crippen molar-refractivity contribution in [3.8, 4) is 5.75 Å². The normalized spacial score (nSPS) is 10.0. The first kappa shape index (κ1) is 16.9. The molecule has 0 aliphatic rings. The molecule has 10 heteroatoms. The molecule has 0 atom stereocenters. The fourth-order valence-electron chi connectivity index (χ4n) is 1.65. The minimum absolute atomic E-state index is 0.0465. The van der Waals surface area contributed by atoms with Gasteiger partial charge < -0.3 is 14.5 Å². The van der Waals surface area contributed by atoms with Crippen LogP contribution in [0.2, 0.25) is 0 Å². The van der Waals surface area contributed by atoms with Gasteiger partial charge in [-0.25, -0.2) is 0 Å². The number of thiocarbonyl (C=S) groups is 1. The number of benzene rings is 1. The third-order valence-corrected chi connectivity index (χ3v) is 3.30. The lowest BCUT2D eigenvalue weighted by molar-refractivity contribution is -0.384. The molecule has 1 heterocycles. The Labute approximate surface area is 144 Å². The number of carbonyl (C=O) groups is 1. The van der Waals surface area contributed by atoms with E-state index in [9.17, 15) is 14.9 Å². The average molecular weight is 400 g/mol. The highest BCUT2D eigenvalue weighted by Crippen LogP contribution is 2.28. The van der Waals surface area contributed by atoms with Crippen molar-refractivity contribution < 1.29 is 18.9 Å². The summed E-state index contributed by atoms with van der Waals surface area (Å²) < 4.78 is 10.4. The Morgan fingerprint density at radius 2 is 2.13 bits per heavy atom. The van der Waals surface area contributed by atoms with Crippen LogP contribution in [0.5, 0.6) is 5.75 Å². The molecule has 1 aromatic heterocycles. The monoisotopic (exact) mass is 399 g/mol. The van der Waals surface area contributed by atoms with Gasteiger partial charge >= 0.3 is 0 Å². The predicted molar refractivity (Wildman–Crippen MR) is 89.7 cm³/mol. The van der Waals surface area contributed by atoms with Crippen LogP contribution in [0.3, 0.4) is 0 Å². The van der Waals surface area contributed by atoms with Crippen LogP contribution in [-0.2, 0) is 0 Å². The number of nitro benzene ring substituents is 1. The summed E-state index contributed by atoms with van der Waals surface area (Å²) in [6, 6.07) is 7.22. The Morgan fingerprint density at radius 1 is 1.39 bits per heavy atom. The van der Waals surface area contributed by atoms with Gasteiger partial charge in [-0.15, -0.1) is 0 Å². The number of rotatable bonds is 4. The van der Waals surface area contributed by atoms with Crippen molar-refractivity contribution in [1.29, 1.82) is 0 Å². The van der Waals surface area contributed by atoms with E-state index in [1.54, 1.807) is 6.07 Å². The first-order valence-corrected chi connectivity index (χ1v) is 7.31. The molecule has 2 rings (SSSR count). The van der Waals surface area contributed by atoms with E-state index in [0.717, 1.165) is 0 Å². The summed E-state index contributed by atoms with van der Waals surface area (Å²) in [6.07, 6.45) is 0. The average Bonchev–Trinajstić information content (AvgIpc) is 2.94. The van der Waals surface area contributed by atoms with Gasteiger partial charge in [0.05, 0.1) is 18.1 Å². The van der Waals surface area contributed by atoms with Crippen molar-refractivity contribution in [3.63, 3.8) is 0 Å². The maximum atomic E-state index is 11.9. The van der Waals surface area contributed by atoms with Gasteiger partial charge in [0.25, 0.3) is 11.6 Å². The Kier molecular flexibility index (Phi) is 5.29. The molecule has 0 saturated heterocycles. The number of hydrogen-bond acceptors (Lipinski definition) is 6. The van der Waals surface area contributed by atoms with Crippen LogP contribution < -0.4 is 15.4 Å². The summed E-state index contributed by atoms with van der Waals surface area (Å²) in [5.74, 6) is -0.202. The lowest BCUT2D eigenvalue weighted by Gasteiger charge is -2.10. The molecule has 23 heavy (non-hydrogen) atoms. The Bertz CT molecular complexity index is 777. The van der Waals surface area contributed by atoms with Crippen molar-refractivity contribution >= 4 is 50.5 Å². The molecule has 120 valence electrons. The molecule has 0 aliphatic carbocycles. The topological polar surface area (TPSA) is 107 Å². The summed E-state index contributed by atoms with van der Waals surface area (Å²) >= 11 is 8.05. The summed E-state index contributed by atoms with van der Waals surface area (Å²) in [7, 11) is 1.40. The molecule has 0 fully saturated rings. The molecule has 0 bridgehead atoms. The van der Waals surface area contributed by atoms with Crippen molar-refractivity contribution in [2.75, 3.05) is 12.4 Å². The maximum absolute atomic E-state index is 11.9. The third-order valence-electron chi connectivity index (χ3n) is 2.67. The minimum atomic E-state index is -0.584. The van der Waals surface area contributed by atoms with E-state index < -0.39 is 10.8 Å². The highest BCUT2D eigenvalue weighted by molar-refractivity contribution is 9.10. The highest BCUT2D eigenvalue weighted by atomic mass is 79.9. The van der Waals surface area contributed by atoms with Gasteiger partial charge in [0, 0.05) is 0 Å². The third kappa shape index (κ3) is 4.27. The summed E-state index contributed by atoms with van der Waals surface area (Å²) in [5.41, 5.74) is -0.108. The zero-order valence-corrected chi connectivity index (χ0v) is 14.1. The van der Waals surface area contributed by atoms with Crippen LogP contribution in [-0.4, -0.2) is 23.1 Å². The number of nitrogens with zero attached hydrogens (tertiary/aromatic N) is 1. The lowest BCUT2D eigenvalue weighted by Crippen LogP contribution is -2.34. The summed E-state index contributed by atoms with van der Waals surface area (Å²) in [5, 5.41) is 15.9. The number of anilines is 1. The van der Waals surface area contributed by atoms with Crippen LogP contribution in [0.1, 0.15) is 10.6 Å². The van der Waals surface area contributed by atoms with Gasteiger partial charge in [0.2, 0.25) is 0 Å². The number of nitro groups is 1. The molecule has 0 unspecified atom stereocenters. The van der Waals surface area contributed by atoms with Crippen LogP contribution >= 0.6 is 28.1 Å². The predicted octanol–water partition coefficient (Wildman–Crippen LogP) is 3.09. The second kappa shape index (κ2) is 7.20. The largest absolute Gasteiger partial charge is 0.496 e. The number of hydrogen-bond donors (Lipinski definition) is 2. The summed E-state index contributed by atoms with van der Waals surface area (Å²) in [6.45, 7) is 0. The van der Waals surface area contributed by atoms with E-state index in [1.807, 2.05) is 0 Å². The molecular formula is C13H10BrN3O5S. The number of amides is 1. The van der Waals surface area contributed by atoms with E-state index >= 15 is 0 Å². The van der Waals surface area contributed by atoms with Gasteiger partial charge in [0.1, 0.15) is 11.4 Å². The molecule has 2 N–H and O–H groups in total. The van der Waals surface area contributed by atoms with E-state index in [1.165, 1.54) is 31.4 Å². The van der Waals surface area contributed by atoms with Crippen molar-refractivity contribution in [2.45, 2.75) is 0 Å². The minimum Gasteiger partial charge on any atom is -0.496 e. The van der Waals surface area contributed by atoms with Crippen LogP contribution in [0.4, 0.5) is 11.4 Å². The Hall–Kier alpha value is -2.46. The smallest absolute Gasteiger partial charge is 0.296 e. The van der Waals surface area contributed by atoms with Gasteiger partial charge in [0.15, 0.2) is 15.5 Å². The van der Waals surface area contributed by atoms with Gasteiger partial charge in [-0.05, 0) is 52.4 Å². The lowest BCUT2D eigenvalue weighted by atomic mass is 10.2. The van der Waals surface area contributed by atoms with Gasteiger partial charge in [-0.1, -0.05) is 0 Å². The van der Waals surface area contributed by atoms with Crippen molar-refractivity contribution in [2.24, 2.45) is 0 Å². The molecule has 1 amide bonds. The number of ether oxygens (including phenoxy) is 1. The van der Waals surface area contributed by atoms with E-state index in [-0.39, 0.29) is 22.2 Å². The fourth-order valence-corrected chi connectivity index (χ4v) is 2.16. The second-order valence-electron chi connectivity index (χ2n) is 4.15. The zero-order valence-electron chi connectivity index (χ0n) is 11.7. The molecule has 0 aliphatic heterocycles. The number of furan rings is 1. The zero-order chi connectivity index (χ0) is 17.0. The molecular weight excluding hydrogens is 390 g/mol. The van der Waals surface area contributed by atoms with Crippen LogP contribution in [0, 0.1) is 10.1 Å². The van der Waals surface area contributed by atoms with E-state index in [2.05, 4.69) is 26.6 Å². The van der Waals surface area contributed by atoms with Crippen LogP contribution in [0.15, 0.2) is 39.4 Å². The Morgan fingerprint density at radius 3 is 2.70 bits per heavy atom. The van der Waals surface area contributed by atoms with Crippen molar-refractivity contribution in [1.82, 2.24) is 5.32 Å². The first-order valence-electron chi connectivity index (χ1n) is 6.11. The molecule has 1 aromatic carbocycles. The molecule has 8 nitrogen and oxygen atoms in total. The van der Waals surface area contributed by atoms with Gasteiger partial charge in [-0.2, -0.15) is 0 Å². The number of nitrogens with one attached hydrogen (secondary N) is 2. The van der Waals surface area contributed by atoms with E-state index in [0.29, 0.717) is 10.4 Å². The quantitative estimate of drug-likeness (QED) is 0.462. The Balaban J connectivity index is 2.11. The standard InChI is InChI=1S/C13H10BrN3O5S/c1-21-7-2-3-8(9(6-7)17(19)20)15-13(23)16-12(18)10-4-5-11(14)22-10/h2-6H,1H3,(H2,15,16,18,23). The van der Waals surface area contributed by atoms with E-state index in [4.69, 9.17) is 21.4 Å². The number of halogens is 1. The number of carbonyl (C=O) groups excluding carboxylic acids is 1. The SMILES string of the molecule is COc1ccc(NC(=S)NC(=O)c2ccc(Br)o2)c([N+](=O)[O-])c1. The molecule has 0 radical (unpaired) electrons. The molecule has 0 spiro atoms. The molecule has 0 saturated carbocycles. The second-order valence-corrected chi connectivity index (χ2v) is 5.34. The van der Waals surface area contributed by atoms with Gasteiger partial charge in [-0.3, -0.25) is 20.2 Å². The molecule has 2 aromatic rings. The summed E-state index contributed by atoms with van der Waals surface area (Å²) in [4.78, 5) is 22.4. The van der Waals surface area contributed by atoms with Crippen LogP contribution in [0.25, 0.3) is 0 Å². The van der Waals surface area contributed by atoms with Crippen molar-refractivity contribution in [3.05, 3.63) is 50.9 Å². The maximum Gasteiger partial charge on any atom is 0.296 e. The number of methoxy groups -OCH3 is 1. The fraction of sp³-hybridized carbons (Fsp3) is 0.0769. The highest BCUT2D eigenvalue weighted by Gasteiger charge is 2.18.